The van der Waals surface area contributed by atoms with Gasteiger partial charge in [-0.1, -0.05) is 361 Å². The molecule has 0 aromatic carbocycles. The molecule has 0 aromatic rings. The fraction of sp³-hybridized carbons (Fsp3) is 0.768. The monoisotopic (exact) mass is 1270 g/mol. The Morgan fingerprint density at radius 1 is 0.385 bits per heavy atom. The van der Waals surface area contributed by atoms with Crippen molar-refractivity contribution in [1.82, 2.24) is 5.32 Å². The number of aliphatic hydroxyl groups excluding tert-OH is 5. The predicted molar refractivity (Wildman–Crippen MR) is 391 cm³/mol. The van der Waals surface area contributed by atoms with E-state index in [1.165, 1.54) is 244 Å². The van der Waals surface area contributed by atoms with Gasteiger partial charge in [0.2, 0.25) is 5.91 Å². The zero-order valence-corrected chi connectivity index (χ0v) is 59.1. The number of ether oxygens (including phenoxy) is 2. The summed E-state index contributed by atoms with van der Waals surface area (Å²) < 4.78 is 11.3. The number of unbranched alkanes of at least 4 members (excludes halogenated alkanes) is 41. The number of amides is 1. The highest BCUT2D eigenvalue weighted by Gasteiger charge is 2.44. The highest BCUT2D eigenvalue weighted by molar-refractivity contribution is 5.76. The van der Waals surface area contributed by atoms with Crippen LogP contribution in [0.15, 0.2) is 109 Å². The lowest BCUT2D eigenvalue weighted by Gasteiger charge is -2.40. The third-order valence-corrected chi connectivity index (χ3v) is 17.8. The molecule has 9 nitrogen and oxygen atoms in total. The van der Waals surface area contributed by atoms with Crippen LogP contribution >= 0.6 is 0 Å². The molecule has 6 N–H and O–H groups in total. The normalized spacial score (nSPS) is 18.3. The molecule has 1 heterocycles. The highest BCUT2D eigenvalue weighted by Crippen LogP contribution is 2.23. The van der Waals surface area contributed by atoms with Crippen LogP contribution in [0.2, 0.25) is 0 Å². The molecule has 526 valence electrons. The predicted octanol–water partition coefficient (Wildman–Crippen LogP) is 22.0. The van der Waals surface area contributed by atoms with Crippen LogP contribution in [-0.4, -0.2) is 87.5 Å². The second-order valence-electron chi connectivity index (χ2n) is 26.4. The van der Waals surface area contributed by atoms with Crippen LogP contribution < -0.4 is 5.32 Å². The molecule has 7 unspecified atom stereocenters. The molecule has 1 saturated heterocycles. The number of allylic oxidation sites excluding steroid dienone is 17. The zero-order valence-electron chi connectivity index (χ0n) is 59.1. The third-order valence-electron chi connectivity index (χ3n) is 17.8. The Balaban J connectivity index is 2.12. The Morgan fingerprint density at radius 2 is 0.692 bits per heavy atom. The van der Waals surface area contributed by atoms with Crippen molar-refractivity contribution in [1.29, 1.82) is 0 Å². The molecule has 0 aromatic heterocycles. The van der Waals surface area contributed by atoms with Crippen LogP contribution in [0, 0.1) is 0 Å². The second-order valence-corrected chi connectivity index (χ2v) is 26.4. The van der Waals surface area contributed by atoms with Crippen molar-refractivity contribution in [2.24, 2.45) is 0 Å². The van der Waals surface area contributed by atoms with Gasteiger partial charge in [0, 0.05) is 6.42 Å². The Hall–Kier alpha value is -3.15. The van der Waals surface area contributed by atoms with Crippen molar-refractivity contribution in [2.45, 2.75) is 391 Å². The molecular formula is C82H145NO8. The molecule has 0 spiro atoms. The summed E-state index contributed by atoms with van der Waals surface area (Å²) in [6.07, 6.45) is 96.5. The van der Waals surface area contributed by atoms with Gasteiger partial charge in [0.1, 0.15) is 24.4 Å². The largest absolute Gasteiger partial charge is 0.394 e. The first-order valence-corrected chi connectivity index (χ1v) is 38.6. The van der Waals surface area contributed by atoms with Gasteiger partial charge >= 0.3 is 0 Å². The van der Waals surface area contributed by atoms with E-state index >= 15 is 0 Å². The average molecular weight is 1270 g/mol. The molecule has 91 heavy (non-hydrogen) atoms. The van der Waals surface area contributed by atoms with Gasteiger partial charge in [-0.25, -0.2) is 0 Å². The van der Waals surface area contributed by atoms with Crippen LogP contribution in [0.4, 0.5) is 0 Å². The Kier molecular flexibility index (Phi) is 65.7. The molecule has 0 aliphatic carbocycles. The van der Waals surface area contributed by atoms with Gasteiger partial charge < -0.3 is 40.3 Å². The molecule has 7 atom stereocenters. The number of nitrogens with one attached hydrogen (secondary N) is 1. The van der Waals surface area contributed by atoms with Gasteiger partial charge in [0.25, 0.3) is 0 Å². The number of rotatable bonds is 67. The fourth-order valence-corrected chi connectivity index (χ4v) is 11.9. The van der Waals surface area contributed by atoms with E-state index < -0.39 is 49.5 Å². The molecule has 9 heteroatoms. The van der Waals surface area contributed by atoms with Crippen LogP contribution in [0.25, 0.3) is 0 Å². The van der Waals surface area contributed by atoms with Crippen molar-refractivity contribution < 1.29 is 39.8 Å². The Labute approximate surface area is 561 Å². The molecule has 0 radical (unpaired) electrons. The van der Waals surface area contributed by atoms with Crippen molar-refractivity contribution >= 4 is 5.91 Å². The summed E-state index contributed by atoms with van der Waals surface area (Å²) in [6, 6.07) is -0.831. The van der Waals surface area contributed by atoms with Gasteiger partial charge in [-0.15, -0.1) is 0 Å². The topological polar surface area (TPSA) is 149 Å². The van der Waals surface area contributed by atoms with E-state index in [0.29, 0.717) is 6.42 Å². The molecule has 0 bridgehead atoms. The number of carbonyl (C=O) groups excluding carboxylic acids is 1. The number of hydrogen-bond acceptors (Lipinski definition) is 8. The fourth-order valence-electron chi connectivity index (χ4n) is 11.9. The third kappa shape index (κ3) is 58.0. The van der Waals surface area contributed by atoms with E-state index in [1.807, 2.05) is 6.08 Å². The molecule has 1 aliphatic heterocycles. The van der Waals surface area contributed by atoms with E-state index in [-0.39, 0.29) is 12.5 Å². The standard InChI is InChI=1S/C82H145NO8/c1-3-5-7-9-11-13-15-17-19-21-23-25-27-29-31-33-35-37-38-40-42-44-46-48-50-52-54-56-58-60-62-64-66-68-70-72-78(86)83-75(74-90-82-81(89)80(88)79(87)77(73-84)91-82)76(85)71-69-67-65-63-61-59-57-55-53-51-49-47-45-43-41-39-36-34-32-30-28-26-24-22-20-18-16-14-12-10-8-6-4-2/h5,7,11,13,17,19,23,25,29,31,35,37,40,42,61,63,69,71,75-77,79-82,84-85,87-89H,3-4,6,8-10,12,14-16,18,20-22,24,26-28,30,32-34,36,38-39,41,43-60,62,64-68,70,72-74H2,1-2H3,(H,83,86)/b7-5-,13-11-,19-17-,25-23-,31-29-,37-35-,42-40-,63-61+,71-69+. The van der Waals surface area contributed by atoms with Crippen molar-refractivity contribution in [3.63, 3.8) is 0 Å². The first-order valence-electron chi connectivity index (χ1n) is 38.6. The lowest BCUT2D eigenvalue weighted by Crippen LogP contribution is -2.60. The first-order chi connectivity index (χ1) is 44.8. The minimum Gasteiger partial charge on any atom is -0.394 e. The van der Waals surface area contributed by atoms with Gasteiger partial charge in [-0.05, 0) is 89.9 Å². The van der Waals surface area contributed by atoms with Gasteiger partial charge in [0.15, 0.2) is 6.29 Å². The summed E-state index contributed by atoms with van der Waals surface area (Å²) in [5, 5.41) is 54.9. The molecule has 1 amide bonds. The summed E-state index contributed by atoms with van der Waals surface area (Å²) in [7, 11) is 0. The Morgan fingerprint density at radius 3 is 1.05 bits per heavy atom. The van der Waals surface area contributed by atoms with Crippen LogP contribution in [0.5, 0.6) is 0 Å². The number of hydrogen-bond donors (Lipinski definition) is 6. The van der Waals surface area contributed by atoms with E-state index in [9.17, 15) is 30.3 Å². The first kappa shape index (κ1) is 85.9. The van der Waals surface area contributed by atoms with Crippen molar-refractivity contribution in [3.05, 3.63) is 109 Å². The van der Waals surface area contributed by atoms with Gasteiger partial charge in [-0.3, -0.25) is 4.79 Å². The van der Waals surface area contributed by atoms with E-state index in [4.69, 9.17) is 9.47 Å². The minimum atomic E-state index is -1.58. The smallest absolute Gasteiger partial charge is 0.220 e. The lowest BCUT2D eigenvalue weighted by molar-refractivity contribution is -0.302. The highest BCUT2D eigenvalue weighted by atomic mass is 16.7. The quantitative estimate of drug-likeness (QED) is 0.0261. The van der Waals surface area contributed by atoms with E-state index in [1.54, 1.807) is 6.08 Å². The summed E-state index contributed by atoms with van der Waals surface area (Å²) in [6.45, 7) is 3.69. The van der Waals surface area contributed by atoms with Crippen LogP contribution in [0.3, 0.4) is 0 Å². The van der Waals surface area contributed by atoms with Gasteiger partial charge in [0.05, 0.1) is 25.4 Å². The van der Waals surface area contributed by atoms with Crippen molar-refractivity contribution in [3.8, 4) is 0 Å². The summed E-state index contributed by atoms with van der Waals surface area (Å²) in [4.78, 5) is 13.2. The van der Waals surface area contributed by atoms with E-state index in [0.717, 1.165) is 83.5 Å². The van der Waals surface area contributed by atoms with Crippen molar-refractivity contribution in [2.75, 3.05) is 13.2 Å². The molecule has 1 aliphatic rings. The molecule has 0 saturated carbocycles. The number of carbonyl (C=O) groups is 1. The van der Waals surface area contributed by atoms with E-state index in [2.05, 4.69) is 116 Å². The maximum atomic E-state index is 13.2. The van der Waals surface area contributed by atoms with Crippen LogP contribution in [0.1, 0.15) is 348 Å². The number of aliphatic hydroxyl groups is 5. The molecule has 1 rings (SSSR count). The average Bonchev–Trinajstić information content (AvgIpc) is 1.58. The zero-order chi connectivity index (χ0) is 65.7. The maximum absolute atomic E-state index is 13.2. The summed E-state index contributed by atoms with van der Waals surface area (Å²) in [5.74, 6) is -0.188. The van der Waals surface area contributed by atoms with Gasteiger partial charge in [-0.2, -0.15) is 0 Å². The SMILES string of the molecule is CC/C=C\C/C=C\C/C=C\C/C=C\C/C=C\C/C=C\C/C=C\CCCCCCCCCCCCCCCC(=O)NC(COC1OC(CO)C(O)C(O)C1O)C(O)/C=C/CC/C=C/CCCCCCCCCCCCCCCCCCCCCCCCCCCCC. The maximum Gasteiger partial charge on any atom is 0.220 e. The lowest BCUT2D eigenvalue weighted by atomic mass is 9.99. The molecular weight excluding hydrogens is 1130 g/mol. The Bertz CT molecular complexity index is 1810. The summed E-state index contributed by atoms with van der Waals surface area (Å²) >= 11 is 0. The molecule has 1 fully saturated rings. The summed E-state index contributed by atoms with van der Waals surface area (Å²) in [5.41, 5.74) is 0. The minimum absolute atomic E-state index is 0.188. The van der Waals surface area contributed by atoms with Crippen LogP contribution in [-0.2, 0) is 14.3 Å². The second kappa shape index (κ2) is 69.7.